The Morgan fingerprint density at radius 3 is 2.26 bits per heavy atom. The van der Waals surface area contributed by atoms with Crippen LogP contribution in [0.5, 0.6) is 0 Å². The fourth-order valence-corrected chi connectivity index (χ4v) is 3.75. The van der Waals surface area contributed by atoms with Crippen LogP contribution in [-0.2, 0) is 6.42 Å². The maximum Gasteiger partial charge on any atom is 0.0416 e. The predicted octanol–water partition coefficient (Wildman–Crippen LogP) is 3.52. The number of benzene rings is 1. The molecule has 0 radical (unpaired) electrons. The highest BCUT2D eigenvalue weighted by atomic mass is 15.2. The summed E-state index contributed by atoms with van der Waals surface area (Å²) in [5.74, 6) is 0. The van der Waals surface area contributed by atoms with Gasteiger partial charge in [0.05, 0.1) is 0 Å². The van der Waals surface area contributed by atoms with E-state index in [0.29, 0.717) is 12.1 Å². The van der Waals surface area contributed by atoms with E-state index in [1.807, 2.05) is 12.3 Å². The summed E-state index contributed by atoms with van der Waals surface area (Å²) in [6.07, 6.45) is 5.60. The second kappa shape index (κ2) is 4.46. The van der Waals surface area contributed by atoms with Gasteiger partial charge >= 0.3 is 0 Å². The molecule has 0 saturated carbocycles. The van der Waals surface area contributed by atoms with Gasteiger partial charge in [-0.2, -0.15) is 0 Å². The van der Waals surface area contributed by atoms with Gasteiger partial charge in [0.1, 0.15) is 0 Å². The summed E-state index contributed by atoms with van der Waals surface area (Å²) in [5, 5.41) is 0. The van der Waals surface area contributed by atoms with E-state index in [9.17, 15) is 0 Å². The Morgan fingerprint density at radius 1 is 0.947 bits per heavy atom. The molecule has 96 valence electrons. The van der Waals surface area contributed by atoms with Gasteiger partial charge < -0.3 is 0 Å². The Kier molecular flexibility index (Phi) is 2.63. The zero-order chi connectivity index (χ0) is 12.7. The lowest BCUT2D eigenvalue weighted by Crippen LogP contribution is -2.22. The third kappa shape index (κ3) is 1.79. The zero-order valence-corrected chi connectivity index (χ0v) is 11.0. The summed E-state index contributed by atoms with van der Waals surface area (Å²) in [6.45, 7) is 1.13. The highest BCUT2D eigenvalue weighted by Crippen LogP contribution is 2.52. The monoisotopic (exact) mass is 250 g/mol. The van der Waals surface area contributed by atoms with Crippen molar-refractivity contribution in [2.45, 2.75) is 31.3 Å². The third-order valence-corrected chi connectivity index (χ3v) is 4.58. The van der Waals surface area contributed by atoms with E-state index < -0.39 is 0 Å². The first kappa shape index (κ1) is 11.2. The molecule has 2 bridgehead atoms. The molecule has 1 aromatic carbocycles. The van der Waals surface area contributed by atoms with Crippen LogP contribution in [0.3, 0.4) is 0 Å². The minimum Gasteiger partial charge on any atom is -0.289 e. The molecule has 0 aliphatic carbocycles. The molecule has 1 saturated heterocycles. The number of nitrogens with zero attached hydrogens (tertiary/aromatic N) is 2. The predicted molar refractivity (Wildman–Crippen MR) is 75.8 cm³/mol. The van der Waals surface area contributed by atoms with Crippen LogP contribution in [0.15, 0.2) is 48.7 Å². The van der Waals surface area contributed by atoms with E-state index in [2.05, 4.69) is 46.3 Å². The van der Waals surface area contributed by atoms with Crippen molar-refractivity contribution in [3.63, 3.8) is 0 Å². The molecule has 2 heteroatoms. The largest absolute Gasteiger partial charge is 0.289 e. The molecular weight excluding hydrogens is 232 g/mol. The molecular formula is C17H18N2. The summed E-state index contributed by atoms with van der Waals surface area (Å²) >= 11 is 0. The van der Waals surface area contributed by atoms with Gasteiger partial charge in [-0.3, -0.25) is 9.88 Å². The first-order valence-electron chi connectivity index (χ1n) is 7.18. The normalized spacial score (nSPS) is 24.6. The molecule has 4 rings (SSSR count). The Morgan fingerprint density at radius 2 is 1.63 bits per heavy atom. The standard InChI is InChI=1S/C17H18N2/c1-2-7-15-14(6-1)16-8-9-17(15)19(16)12-10-13-5-3-4-11-18-13/h1-7,11,16-17H,8-10,12H2/t16-,17-/m0/s1. The van der Waals surface area contributed by atoms with E-state index in [4.69, 9.17) is 0 Å². The Bertz CT molecular complexity index is 548. The van der Waals surface area contributed by atoms with E-state index >= 15 is 0 Å². The lowest BCUT2D eigenvalue weighted by atomic mass is 9.92. The molecule has 2 nitrogen and oxygen atoms in total. The van der Waals surface area contributed by atoms with Crippen molar-refractivity contribution in [2.24, 2.45) is 0 Å². The van der Waals surface area contributed by atoms with Crippen LogP contribution in [0.1, 0.15) is 41.7 Å². The minimum atomic E-state index is 0.657. The summed E-state index contributed by atoms with van der Waals surface area (Å²) < 4.78 is 0. The van der Waals surface area contributed by atoms with Crippen LogP contribution in [-0.4, -0.2) is 16.4 Å². The van der Waals surface area contributed by atoms with Crippen LogP contribution in [0.2, 0.25) is 0 Å². The Labute approximate surface area is 114 Å². The second-order valence-electron chi connectivity index (χ2n) is 5.55. The molecule has 3 heterocycles. The quantitative estimate of drug-likeness (QED) is 0.828. The molecule has 19 heavy (non-hydrogen) atoms. The van der Waals surface area contributed by atoms with Crippen molar-refractivity contribution in [3.05, 3.63) is 65.5 Å². The van der Waals surface area contributed by atoms with Crippen molar-refractivity contribution < 1.29 is 0 Å². The van der Waals surface area contributed by atoms with Crippen LogP contribution in [0.4, 0.5) is 0 Å². The first-order valence-corrected chi connectivity index (χ1v) is 7.18. The summed E-state index contributed by atoms with van der Waals surface area (Å²) in [4.78, 5) is 7.11. The van der Waals surface area contributed by atoms with Gasteiger partial charge in [0.2, 0.25) is 0 Å². The van der Waals surface area contributed by atoms with Crippen molar-refractivity contribution in [3.8, 4) is 0 Å². The number of rotatable bonds is 3. The van der Waals surface area contributed by atoms with Gasteiger partial charge in [0.15, 0.2) is 0 Å². The van der Waals surface area contributed by atoms with Crippen molar-refractivity contribution in [2.75, 3.05) is 6.54 Å². The molecule has 2 aliphatic heterocycles. The van der Waals surface area contributed by atoms with Gasteiger partial charge in [-0.1, -0.05) is 30.3 Å². The van der Waals surface area contributed by atoms with Crippen molar-refractivity contribution in [1.82, 2.24) is 9.88 Å². The van der Waals surface area contributed by atoms with Crippen molar-refractivity contribution >= 4 is 0 Å². The number of aromatic nitrogens is 1. The minimum absolute atomic E-state index is 0.657. The van der Waals surface area contributed by atoms with E-state index in [0.717, 1.165) is 13.0 Å². The molecule has 2 aliphatic rings. The maximum absolute atomic E-state index is 4.43. The second-order valence-corrected chi connectivity index (χ2v) is 5.55. The highest BCUT2D eigenvalue weighted by molar-refractivity contribution is 5.39. The molecule has 0 unspecified atom stereocenters. The maximum atomic E-state index is 4.43. The number of fused-ring (bicyclic) bond motifs is 5. The molecule has 2 aromatic rings. The number of hydrogen-bond acceptors (Lipinski definition) is 2. The van der Waals surface area contributed by atoms with Gasteiger partial charge in [-0.15, -0.1) is 0 Å². The topological polar surface area (TPSA) is 16.1 Å². The van der Waals surface area contributed by atoms with Crippen LogP contribution in [0.25, 0.3) is 0 Å². The van der Waals surface area contributed by atoms with Gasteiger partial charge in [0.25, 0.3) is 0 Å². The van der Waals surface area contributed by atoms with Gasteiger partial charge in [-0.05, 0) is 36.1 Å². The van der Waals surface area contributed by atoms with E-state index in [1.54, 1.807) is 11.1 Å². The first-order chi connectivity index (χ1) is 9.43. The third-order valence-electron chi connectivity index (χ3n) is 4.58. The summed E-state index contributed by atoms with van der Waals surface area (Å²) in [5.41, 5.74) is 4.34. The van der Waals surface area contributed by atoms with Crippen molar-refractivity contribution in [1.29, 1.82) is 0 Å². The van der Waals surface area contributed by atoms with Crippen LogP contribution >= 0.6 is 0 Å². The van der Waals surface area contributed by atoms with Gasteiger partial charge in [0, 0.05) is 36.9 Å². The highest BCUT2D eigenvalue weighted by Gasteiger charge is 2.42. The summed E-state index contributed by atoms with van der Waals surface area (Å²) in [6, 6.07) is 16.5. The molecule has 0 N–H and O–H groups in total. The average molecular weight is 250 g/mol. The smallest absolute Gasteiger partial charge is 0.0416 e. The lowest BCUT2D eigenvalue weighted by Gasteiger charge is -2.21. The molecule has 2 atom stereocenters. The zero-order valence-electron chi connectivity index (χ0n) is 11.0. The molecule has 1 fully saturated rings. The average Bonchev–Trinajstić information content (AvgIpc) is 3.02. The Balaban J connectivity index is 1.53. The number of hydrogen-bond donors (Lipinski definition) is 0. The fourth-order valence-electron chi connectivity index (χ4n) is 3.75. The van der Waals surface area contributed by atoms with Gasteiger partial charge in [-0.25, -0.2) is 0 Å². The SMILES string of the molecule is c1ccc(CCN2[C@H]3CC[C@H]2c2ccccc23)nc1. The molecule has 1 aromatic heterocycles. The fraction of sp³-hybridized carbons (Fsp3) is 0.353. The van der Waals surface area contributed by atoms with E-state index in [1.165, 1.54) is 18.5 Å². The van der Waals surface area contributed by atoms with E-state index in [-0.39, 0.29) is 0 Å². The lowest BCUT2D eigenvalue weighted by molar-refractivity contribution is 0.225. The molecule has 0 spiro atoms. The van der Waals surface area contributed by atoms with Crippen LogP contribution in [0, 0.1) is 0 Å². The van der Waals surface area contributed by atoms with Crippen LogP contribution < -0.4 is 0 Å². The summed E-state index contributed by atoms with van der Waals surface area (Å²) in [7, 11) is 0. The molecule has 0 amide bonds. The number of pyridine rings is 1. The Hall–Kier alpha value is -1.67.